The van der Waals surface area contributed by atoms with E-state index in [0.717, 1.165) is 5.56 Å². The van der Waals surface area contributed by atoms with E-state index in [-0.39, 0.29) is 5.92 Å². The molecule has 1 nitrogen and oxygen atoms in total. The largest absolute Gasteiger partial charge is 0.388 e. The molecule has 1 N–H and O–H groups in total. The van der Waals surface area contributed by atoms with Crippen molar-refractivity contribution in [2.45, 2.75) is 18.9 Å². The van der Waals surface area contributed by atoms with Crippen LogP contribution in [-0.4, -0.2) is 5.11 Å². The molecule has 0 saturated carbocycles. The van der Waals surface area contributed by atoms with Crippen LogP contribution in [0.4, 0.5) is 0 Å². The highest BCUT2D eigenvalue weighted by atomic mass is 35.5. The van der Waals surface area contributed by atoms with E-state index in [1.165, 1.54) is 11.3 Å². The first-order valence-electron chi connectivity index (χ1n) is 5.27. The van der Waals surface area contributed by atoms with E-state index >= 15 is 0 Å². The third-order valence-corrected chi connectivity index (χ3v) is 4.32. The Bertz CT molecular complexity index is 495. The molecule has 2 atom stereocenters. The zero-order chi connectivity index (χ0) is 12.4. The zero-order valence-corrected chi connectivity index (χ0v) is 11.6. The van der Waals surface area contributed by atoms with Crippen molar-refractivity contribution in [3.05, 3.63) is 56.2 Å². The summed E-state index contributed by atoms with van der Waals surface area (Å²) in [5.74, 6) is -0.0145. The molecule has 1 aromatic carbocycles. The molecule has 4 heteroatoms. The van der Waals surface area contributed by atoms with Crippen LogP contribution in [-0.2, 0) is 0 Å². The van der Waals surface area contributed by atoms with Crippen molar-refractivity contribution in [1.82, 2.24) is 0 Å². The van der Waals surface area contributed by atoms with Crippen LogP contribution >= 0.6 is 34.5 Å². The fraction of sp³-hybridized carbons (Fsp3) is 0.231. The Labute approximate surface area is 115 Å². The molecule has 1 heterocycles. The number of rotatable bonds is 3. The van der Waals surface area contributed by atoms with Crippen molar-refractivity contribution in [3.63, 3.8) is 0 Å². The lowest BCUT2D eigenvalue weighted by Gasteiger charge is -2.18. The molecule has 0 aliphatic carbocycles. The van der Waals surface area contributed by atoms with Gasteiger partial charge in [-0.05, 0) is 11.6 Å². The standard InChI is InChI=1S/C13H12Cl2OS/c1-8(9-5-3-2-4-6-9)12(16)10-7-11(14)17-13(10)15/h2-8,12,16H,1H3. The fourth-order valence-corrected chi connectivity index (χ4v) is 3.30. The maximum Gasteiger partial charge on any atom is 0.100 e. The summed E-state index contributed by atoms with van der Waals surface area (Å²) in [6.45, 7) is 1.97. The Kier molecular flexibility index (Phi) is 4.10. The number of thiophene rings is 1. The van der Waals surface area contributed by atoms with E-state index in [1.807, 2.05) is 37.3 Å². The van der Waals surface area contributed by atoms with Crippen LogP contribution in [0, 0.1) is 0 Å². The van der Waals surface area contributed by atoms with Crippen molar-refractivity contribution < 1.29 is 5.11 Å². The van der Waals surface area contributed by atoms with Gasteiger partial charge in [-0.1, -0.05) is 60.5 Å². The van der Waals surface area contributed by atoms with Crippen LogP contribution in [0.25, 0.3) is 0 Å². The van der Waals surface area contributed by atoms with Gasteiger partial charge < -0.3 is 5.11 Å². The first-order valence-corrected chi connectivity index (χ1v) is 6.84. The first kappa shape index (κ1) is 12.9. The summed E-state index contributed by atoms with van der Waals surface area (Å²) in [4.78, 5) is 0. The fourth-order valence-electron chi connectivity index (χ4n) is 1.76. The van der Waals surface area contributed by atoms with Gasteiger partial charge >= 0.3 is 0 Å². The molecule has 0 spiro atoms. The van der Waals surface area contributed by atoms with E-state index in [9.17, 15) is 5.11 Å². The average Bonchev–Trinajstić information content (AvgIpc) is 2.68. The van der Waals surface area contributed by atoms with Gasteiger partial charge in [-0.15, -0.1) is 11.3 Å². The quantitative estimate of drug-likeness (QED) is 0.852. The molecule has 2 unspecified atom stereocenters. The van der Waals surface area contributed by atoms with E-state index in [2.05, 4.69) is 0 Å². The Morgan fingerprint density at radius 2 is 1.82 bits per heavy atom. The molecule has 0 amide bonds. The van der Waals surface area contributed by atoms with Gasteiger partial charge in [0.05, 0.1) is 10.4 Å². The van der Waals surface area contributed by atoms with Crippen LogP contribution in [0.2, 0.25) is 8.67 Å². The van der Waals surface area contributed by atoms with Gasteiger partial charge in [-0.3, -0.25) is 0 Å². The molecule has 90 valence electrons. The predicted octanol–water partition coefficient (Wildman–Crippen LogP) is 4.89. The van der Waals surface area contributed by atoms with E-state index < -0.39 is 6.10 Å². The third kappa shape index (κ3) is 2.83. The Hall–Kier alpha value is -0.540. The maximum absolute atomic E-state index is 10.3. The van der Waals surface area contributed by atoms with Crippen molar-refractivity contribution in [2.75, 3.05) is 0 Å². The number of hydrogen-bond acceptors (Lipinski definition) is 2. The first-order chi connectivity index (χ1) is 8.09. The van der Waals surface area contributed by atoms with Gasteiger partial charge in [-0.2, -0.15) is 0 Å². The normalized spacial score (nSPS) is 14.6. The second kappa shape index (κ2) is 5.40. The zero-order valence-electron chi connectivity index (χ0n) is 9.23. The molecule has 2 aromatic rings. The Morgan fingerprint density at radius 1 is 1.18 bits per heavy atom. The van der Waals surface area contributed by atoms with Gasteiger partial charge in [0.15, 0.2) is 0 Å². The van der Waals surface area contributed by atoms with Crippen LogP contribution in [0.1, 0.15) is 30.1 Å². The maximum atomic E-state index is 10.3. The van der Waals surface area contributed by atoms with Gasteiger partial charge in [-0.25, -0.2) is 0 Å². The number of benzene rings is 1. The highest BCUT2D eigenvalue weighted by Crippen LogP contribution is 2.40. The third-order valence-electron chi connectivity index (χ3n) is 2.80. The van der Waals surface area contributed by atoms with Gasteiger partial charge in [0.1, 0.15) is 4.34 Å². The number of hydrogen-bond donors (Lipinski definition) is 1. The van der Waals surface area contributed by atoms with Crippen LogP contribution in [0.5, 0.6) is 0 Å². The van der Waals surface area contributed by atoms with E-state index in [1.54, 1.807) is 6.07 Å². The summed E-state index contributed by atoms with van der Waals surface area (Å²) in [7, 11) is 0. The van der Waals surface area contributed by atoms with Gasteiger partial charge in [0.25, 0.3) is 0 Å². The molecular formula is C13H12Cl2OS. The second-order valence-corrected chi connectivity index (χ2v) is 6.21. The summed E-state index contributed by atoms with van der Waals surface area (Å²) in [6.07, 6.45) is -0.631. The Morgan fingerprint density at radius 3 is 2.35 bits per heavy atom. The number of halogens is 2. The Balaban J connectivity index is 2.26. The SMILES string of the molecule is CC(c1ccccc1)C(O)c1cc(Cl)sc1Cl. The van der Waals surface area contributed by atoms with Crippen molar-refractivity contribution >= 4 is 34.5 Å². The molecule has 0 aliphatic rings. The summed E-state index contributed by atoms with van der Waals surface area (Å²) in [5, 5.41) is 10.3. The molecule has 0 aliphatic heterocycles. The van der Waals surface area contributed by atoms with Crippen LogP contribution in [0.3, 0.4) is 0 Å². The van der Waals surface area contributed by atoms with Crippen LogP contribution in [0.15, 0.2) is 36.4 Å². The molecule has 2 rings (SSSR count). The predicted molar refractivity (Wildman–Crippen MR) is 74.2 cm³/mol. The molecule has 17 heavy (non-hydrogen) atoms. The summed E-state index contributed by atoms with van der Waals surface area (Å²) in [5.41, 5.74) is 1.79. The topological polar surface area (TPSA) is 20.2 Å². The van der Waals surface area contributed by atoms with Crippen molar-refractivity contribution in [3.8, 4) is 0 Å². The van der Waals surface area contributed by atoms with E-state index in [4.69, 9.17) is 23.2 Å². The van der Waals surface area contributed by atoms with Crippen molar-refractivity contribution in [1.29, 1.82) is 0 Å². The lowest BCUT2D eigenvalue weighted by atomic mass is 9.92. The number of aliphatic hydroxyl groups excluding tert-OH is 1. The highest BCUT2D eigenvalue weighted by molar-refractivity contribution is 7.20. The minimum atomic E-state index is -0.631. The van der Waals surface area contributed by atoms with Crippen molar-refractivity contribution in [2.24, 2.45) is 0 Å². The lowest BCUT2D eigenvalue weighted by molar-refractivity contribution is 0.152. The average molecular weight is 287 g/mol. The summed E-state index contributed by atoms with van der Waals surface area (Å²) < 4.78 is 1.16. The van der Waals surface area contributed by atoms with E-state index in [0.29, 0.717) is 14.2 Å². The number of aliphatic hydroxyl groups is 1. The molecule has 0 radical (unpaired) electrons. The molecule has 1 aromatic heterocycles. The van der Waals surface area contributed by atoms with Gasteiger partial charge in [0.2, 0.25) is 0 Å². The second-order valence-electron chi connectivity index (χ2n) is 3.92. The minimum Gasteiger partial charge on any atom is -0.388 e. The lowest BCUT2D eigenvalue weighted by Crippen LogP contribution is -2.07. The monoisotopic (exact) mass is 286 g/mol. The molecule has 0 bridgehead atoms. The molecule has 0 saturated heterocycles. The highest BCUT2D eigenvalue weighted by Gasteiger charge is 2.22. The minimum absolute atomic E-state index is 0.0145. The smallest absolute Gasteiger partial charge is 0.100 e. The summed E-state index contributed by atoms with van der Waals surface area (Å²) >= 11 is 13.2. The van der Waals surface area contributed by atoms with Gasteiger partial charge in [0, 0.05) is 11.5 Å². The molecule has 0 fully saturated rings. The molecular weight excluding hydrogens is 275 g/mol. The summed E-state index contributed by atoms with van der Waals surface area (Å²) in [6, 6.07) is 11.6. The van der Waals surface area contributed by atoms with Crippen LogP contribution < -0.4 is 0 Å².